The number of anilines is 1. The monoisotopic (exact) mass is 286 g/mol. The van der Waals surface area contributed by atoms with Crippen LogP contribution in [0.3, 0.4) is 0 Å². The zero-order valence-electron chi connectivity index (χ0n) is 10.3. The molecule has 0 aromatic heterocycles. The Morgan fingerprint density at radius 2 is 1.90 bits per heavy atom. The number of carbonyl (C=O) groups is 1. The first kappa shape index (κ1) is 12.7. The summed E-state index contributed by atoms with van der Waals surface area (Å²) in [6.07, 6.45) is 0.815. The molecule has 3 rings (SSSR count). The number of benzene rings is 2. The molecule has 0 saturated carbocycles. The molecule has 1 atom stereocenters. The third kappa shape index (κ3) is 1.94. The Bertz CT molecular complexity index is 675. The minimum atomic E-state index is -0.503. The van der Waals surface area contributed by atoms with Gasteiger partial charge in [0.2, 0.25) is 0 Å². The Balaban J connectivity index is 2.09. The van der Waals surface area contributed by atoms with E-state index in [-0.39, 0.29) is 5.69 Å². The van der Waals surface area contributed by atoms with E-state index < -0.39 is 11.0 Å². The summed E-state index contributed by atoms with van der Waals surface area (Å²) in [6.45, 7) is 0. The van der Waals surface area contributed by atoms with Gasteiger partial charge in [-0.2, -0.15) is 0 Å². The predicted octanol–water partition coefficient (Wildman–Crippen LogP) is 3.36. The number of nitro benzene ring substituents is 1. The van der Waals surface area contributed by atoms with Crippen LogP contribution in [-0.4, -0.2) is 11.2 Å². The summed E-state index contributed by atoms with van der Waals surface area (Å²) in [5, 5.41) is 11.1. The molecule has 0 aliphatic carbocycles. The average Bonchev–Trinajstić information content (AvgIpc) is 2.86. The minimum absolute atomic E-state index is 0.0396. The highest BCUT2D eigenvalue weighted by Gasteiger charge is 2.36. The molecule has 1 heterocycles. The van der Waals surface area contributed by atoms with Crippen molar-refractivity contribution in [3.05, 3.63) is 64.2 Å². The second-order valence-corrected chi connectivity index (χ2v) is 5.27. The Morgan fingerprint density at radius 3 is 2.55 bits per heavy atom. The standard InChI is InChI=1S/C14H10N2O3S/c17-9-13-11-7-4-8-12(16(18)19)14(11)20-15(13)10-5-2-1-3-6-10/h1-9,13H. The van der Waals surface area contributed by atoms with E-state index in [1.54, 1.807) is 16.4 Å². The smallest absolute Gasteiger partial charge is 0.285 e. The normalized spacial score (nSPS) is 16.8. The first-order valence-electron chi connectivity index (χ1n) is 5.97. The summed E-state index contributed by atoms with van der Waals surface area (Å²) in [4.78, 5) is 22.6. The number of aldehydes is 1. The summed E-state index contributed by atoms with van der Waals surface area (Å²) in [5.74, 6) is 0. The van der Waals surface area contributed by atoms with Crippen molar-refractivity contribution >= 4 is 29.6 Å². The van der Waals surface area contributed by atoms with Gasteiger partial charge in [-0.25, -0.2) is 0 Å². The van der Waals surface area contributed by atoms with Crippen molar-refractivity contribution in [1.82, 2.24) is 0 Å². The minimum Gasteiger partial charge on any atom is -0.301 e. The fourth-order valence-corrected chi connectivity index (χ4v) is 3.45. The second kappa shape index (κ2) is 4.97. The Kier molecular flexibility index (Phi) is 3.15. The van der Waals surface area contributed by atoms with Crippen LogP contribution in [0, 0.1) is 10.1 Å². The molecular weight excluding hydrogens is 276 g/mol. The molecule has 0 fully saturated rings. The van der Waals surface area contributed by atoms with E-state index in [2.05, 4.69) is 0 Å². The average molecular weight is 286 g/mol. The van der Waals surface area contributed by atoms with Gasteiger partial charge in [-0.15, -0.1) is 0 Å². The lowest BCUT2D eigenvalue weighted by molar-refractivity contribution is -0.387. The van der Waals surface area contributed by atoms with Crippen LogP contribution in [0.1, 0.15) is 11.6 Å². The van der Waals surface area contributed by atoms with Crippen LogP contribution in [0.25, 0.3) is 0 Å². The fraction of sp³-hybridized carbons (Fsp3) is 0.0714. The molecule has 1 aliphatic rings. The van der Waals surface area contributed by atoms with Crippen molar-refractivity contribution < 1.29 is 9.72 Å². The molecule has 0 saturated heterocycles. The summed E-state index contributed by atoms with van der Waals surface area (Å²) in [6, 6.07) is 13.7. The van der Waals surface area contributed by atoms with Crippen molar-refractivity contribution in [1.29, 1.82) is 0 Å². The molecule has 0 bridgehead atoms. The van der Waals surface area contributed by atoms with E-state index in [0.29, 0.717) is 10.5 Å². The first-order chi connectivity index (χ1) is 9.72. The van der Waals surface area contributed by atoms with Crippen LogP contribution in [0.4, 0.5) is 11.4 Å². The summed E-state index contributed by atoms with van der Waals surface area (Å²) in [7, 11) is 0. The SMILES string of the molecule is O=CC1c2cccc([N+](=O)[O-])c2SN1c1ccccc1. The van der Waals surface area contributed by atoms with Crippen LogP contribution in [0.5, 0.6) is 0 Å². The van der Waals surface area contributed by atoms with Crippen LogP contribution >= 0.6 is 11.9 Å². The molecule has 0 spiro atoms. The molecule has 2 aromatic rings. The van der Waals surface area contributed by atoms with Gasteiger partial charge in [0.1, 0.15) is 17.2 Å². The molecule has 0 amide bonds. The van der Waals surface area contributed by atoms with Crippen LogP contribution in [0.15, 0.2) is 53.4 Å². The molecule has 0 N–H and O–H groups in total. The number of hydrogen-bond acceptors (Lipinski definition) is 5. The highest BCUT2D eigenvalue weighted by atomic mass is 32.2. The molecule has 2 aromatic carbocycles. The van der Waals surface area contributed by atoms with Crippen molar-refractivity contribution in [2.75, 3.05) is 4.31 Å². The van der Waals surface area contributed by atoms with E-state index in [1.807, 2.05) is 30.3 Å². The maximum atomic E-state index is 11.4. The molecule has 100 valence electrons. The molecule has 6 heteroatoms. The highest BCUT2D eigenvalue weighted by Crippen LogP contribution is 2.49. The molecule has 20 heavy (non-hydrogen) atoms. The van der Waals surface area contributed by atoms with Crippen LogP contribution < -0.4 is 4.31 Å². The predicted molar refractivity (Wildman–Crippen MR) is 76.7 cm³/mol. The van der Waals surface area contributed by atoms with Crippen molar-refractivity contribution in [3.8, 4) is 0 Å². The largest absolute Gasteiger partial charge is 0.301 e. The molecule has 5 nitrogen and oxygen atoms in total. The van der Waals surface area contributed by atoms with Gasteiger partial charge in [0.25, 0.3) is 5.69 Å². The van der Waals surface area contributed by atoms with Crippen molar-refractivity contribution in [2.45, 2.75) is 10.9 Å². The van der Waals surface area contributed by atoms with Crippen molar-refractivity contribution in [2.24, 2.45) is 0 Å². The summed E-state index contributed by atoms with van der Waals surface area (Å²) in [5.41, 5.74) is 1.57. The topological polar surface area (TPSA) is 63.4 Å². The number of carbonyl (C=O) groups excluding carboxylic acids is 1. The Hall–Kier alpha value is -2.34. The number of para-hydroxylation sites is 1. The van der Waals surface area contributed by atoms with E-state index in [1.165, 1.54) is 18.0 Å². The van der Waals surface area contributed by atoms with Crippen LogP contribution in [-0.2, 0) is 4.79 Å². The van der Waals surface area contributed by atoms with E-state index >= 15 is 0 Å². The quantitative estimate of drug-likeness (QED) is 0.374. The number of hydrogen-bond donors (Lipinski definition) is 0. The lowest BCUT2D eigenvalue weighted by Gasteiger charge is -2.20. The number of nitro groups is 1. The van der Waals surface area contributed by atoms with Gasteiger partial charge in [-0.05, 0) is 24.1 Å². The van der Waals surface area contributed by atoms with Gasteiger partial charge < -0.3 is 4.79 Å². The van der Waals surface area contributed by atoms with Crippen LogP contribution in [0.2, 0.25) is 0 Å². The third-order valence-electron chi connectivity index (χ3n) is 3.12. The first-order valence-corrected chi connectivity index (χ1v) is 6.74. The van der Waals surface area contributed by atoms with E-state index in [0.717, 1.165) is 12.0 Å². The van der Waals surface area contributed by atoms with E-state index in [4.69, 9.17) is 0 Å². The lowest BCUT2D eigenvalue weighted by Crippen LogP contribution is -2.17. The summed E-state index contributed by atoms with van der Waals surface area (Å²) < 4.78 is 1.80. The fourth-order valence-electron chi connectivity index (χ4n) is 2.22. The van der Waals surface area contributed by atoms with Gasteiger partial charge in [-0.3, -0.25) is 14.4 Å². The molecular formula is C14H10N2O3S. The summed E-state index contributed by atoms with van der Waals surface area (Å²) >= 11 is 1.24. The van der Waals surface area contributed by atoms with Crippen molar-refractivity contribution in [3.63, 3.8) is 0 Å². The maximum absolute atomic E-state index is 11.4. The molecule has 0 radical (unpaired) electrons. The van der Waals surface area contributed by atoms with Gasteiger partial charge in [0.05, 0.1) is 4.92 Å². The van der Waals surface area contributed by atoms with Gasteiger partial charge in [0.15, 0.2) is 0 Å². The van der Waals surface area contributed by atoms with Gasteiger partial charge >= 0.3 is 0 Å². The van der Waals surface area contributed by atoms with Gasteiger partial charge in [-0.1, -0.05) is 30.3 Å². The van der Waals surface area contributed by atoms with E-state index in [9.17, 15) is 14.9 Å². The molecule has 1 aliphatic heterocycles. The highest BCUT2D eigenvalue weighted by molar-refractivity contribution is 8.01. The number of nitrogens with zero attached hydrogens (tertiary/aromatic N) is 2. The zero-order chi connectivity index (χ0) is 14.1. The maximum Gasteiger partial charge on any atom is 0.285 e. The Labute approximate surface area is 119 Å². The number of fused-ring (bicyclic) bond motifs is 1. The third-order valence-corrected chi connectivity index (χ3v) is 4.38. The lowest BCUT2D eigenvalue weighted by atomic mass is 10.1. The molecule has 1 unspecified atom stereocenters. The zero-order valence-corrected chi connectivity index (χ0v) is 11.1. The van der Waals surface area contributed by atoms with Gasteiger partial charge in [0, 0.05) is 17.3 Å². The number of rotatable bonds is 3. The Morgan fingerprint density at radius 1 is 1.15 bits per heavy atom. The second-order valence-electron chi connectivity index (χ2n) is 4.29.